The third-order valence-corrected chi connectivity index (χ3v) is 16.0. The lowest BCUT2D eigenvalue weighted by Gasteiger charge is -2.26. The van der Waals surface area contributed by atoms with Crippen LogP contribution in [0.3, 0.4) is 0 Å². The molecule has 2 aromatic heterocycles. The molecule has 2 heterocycles. The first-order valence-corrected chi connectivity index (χ1v) is 24.3. The van der Waals surface area contributed by atoms with Gasteiger partial charge in [0.2, 0.25) is 0 Å². The van der Waals surface area contributed by atoms with Crippen LogP contribution in [0.25, 0.3) is 108 Å². The number of furan rings is 1. The Morgan fingerprint density at radius 2 is 0.809 bits per heavy atom. The van der Waals surface area contributed by atoms with Gasteiger partial charge >= 0.3 is 0 Å². The van der Waals surface area contributed by atoms with Crippen molar-refractivity contribution in [3.63, 3.8) is 0 Å². The second-order valence-corrected chi connectivity index (χ2v) is 19.8. The van der Waals surface area contributed by atoms with Crippen molar-refractivity contribution in [3.05, 3.63) is 236 Å². The number of anilines is 3. The zero-order chi connectivity index (χ0) is 45.1. The molecule has 1 aliphatic rings. The third-order valence-electron chi connectivity index (χ3n) is 14.7. The Hall–Kier alpha value is -8.24. The van der Waals surface area contributed by atoms with Crippen molar-refractivity contribution < 1.29 is 4.42 Å². The molecular weight excluding hydrogens is 843 g/mol. The Labute approximate surface area is 398 Å². The van der Waals surface area contributed by atoms with E-state index in [1.807, 2.05) is 11.3 Å². The quantitative estimate of drug-likeness (QED) is 0.165. The van der Waals surface area contributed by atoms with E-state index in [-0.39, 0.29) is 5.41 Å². The highest BCUT2D eigenvalue weighted by Crippen LogP contribution is 2.52. The molecule has 0 unspecified atom stereocenters. The van der Waals surface area contributed by atoms with Gasteiger partial charge in [0, 0.05) is 64.4 Å². The molecular formula is C65H43NOS. The Morgan fingerprint density at radius 1 is 0.338 bits per heavy atom. The molecule has 3 heteroatoms. The average Bonchev–Trinajstić information content (AvgIpc) is 4.05. The number of thiophene rings is 1. The molecule has 0 fully saturated rings. The van der Waals surface area contributed by atoms with Crippen molar-refractivity contribution in [1.82, 2.24) is 0 Å². The molecule has 0 aliphatic heterocycles. The molecule has 0 bridgehead atoms. The lowest BCUT2D eigenvalue weighted by molar-refractivity contribution is 0.660. The monoisotopic (exact) mass is 885 g/mol. The first-order chi connectivity index (χ1) is 33.5. The topological polar surface area (TPSA) is 16.4 Å². The lowest BCUT2D eigenvalue weighted by atomic mass is 9.82. The Morgan fingerprint density at radius 3 is 1.53 bits per heavy atom. The summed E-state index contributed by atoms with van der Waals surface area (Å²) in [5, 5.41) is 9.80. The molecule has 0 amide bonds. The van der Waals surface area contributed by atoms with Crippen LogP contribution < -0.4 is 4.90 Å². The van der Waals surface area contributed by atoms with E-state index in [4.69, 9.17) is 4.42 Å². The van der Waals surface area contributed by atoms with Crippen molar-refractivity contribution in [2.24, 2.45) is 0 Å². The smallest absolute Gasteiger partial charge is 0.143 e. The van der Waals surface area contributed by atoms with E-state index >= 15 is 0 Å². The minimum absolute atomic E-state index is 0.0573. The van der Waals surface area contributed by atoms with Gasteiger partial charge in [0.05, 0.1) is 0 Å². The van der Waals surface area contributed by atoms with Crippen LogP contribution in [0.2, 0.25) is 0 Å². The van der Waals surface area contributed by atoms with Crippen molar-refractivity contribution in [2.75, 3.05) is 4.90 Å². The predicted octanol–water partition coefficient (Wildman–Crippen LogP) is 19.0. The number of para-hydroxylation sites is 1. The SMILES string of the molecule is CC1(C)c2ccccc2-c2c(-c3ccc(N(c4ccc(-c5cccc6c5oc5c7ccccc7ccc65)cc4)c4ccc(-c5cccc6c5sc5c7ccccc7ccc65)cc4)cc3)cccc21. The van der Waals surface area contributed by atoms with Crippen LogP contribution in [0, 0.1) is 0 Å². The maximum atomic E-state index is 6.77. The summed E-state index contributed by atoms with van der Waals surface area (Å²) in [6.07, 6.45) is 0. The highest BCUT2D eigenvalue weighted by molar-refractivity contribution is 7.27. The van der Waals surface area contributed by atoms with E-state index in [1.165, 1.54) is 80.8 Å². The first-order valence-electron chi connectivity index (χ1n) is 23.5. The van der Waals surface area contributed by atoms with Gasteiger partial charge in [0.15, 0.2) is 0 Å². The molecule has 14 rings (SSSR count). The van der Waals surface area contributed by atoms with Crippen molar-refractivity contribution in [3.8, 4) is 44.5 Å². The Kier molecular flexibility index (Phi) is 8.53. The number of benzene rings is 11. The van der Waals surface area contributed by atoms with Crippen molar-refractivity contribution in [2.45, 2.75) is 19.3 Å². The van der Waals surface area contributed by atoms with Gasteiger partial charge in [-0.05, 0) is 109 Å². The van der Waals surface area contributed by atoms with Gasteiger partial charge in [-0.3, -0.25) is 0 Å². The molecule has 0 saturated heterocycles. The number of hydrogen-bond donors (Lipinski definition) is 0. The minimum Gasteiger partial charge on any atom is -0.455 e. The normalized spacial score (nSPS) is 13.0. The van der Waals surface area contributed by atoms with Crippen LogP contribution >= 0.6 is 11.3 Å². The average molecular weight is 886 g/mol. The Balaban J connectivity index is 0.879. The minimum atomic E-state index is -0.0573. The fourth-order valence-electron chi connectivity index (χ4n) is 11.3. The summed E-state index contributed by atoms with van der Waals surface area (Å²) in [7, 11) is 0. The van der Waals surface area contributed by atoms with Crippen LogP contribution in [0.1, 0.15) is 25.0 Å². The van der Waals surface area contributed by atoms with Crippen LogP contribution in [-0.4, -0.2) is 0 Å². The summed E-state index contributed by atoms with van der Waals surface area (Å²) in [6, 6.07) is 82.4. The summed E-state index contributed by atoms with van der Waals surface area (Å²) in [4.78, 5) is 2.38. The van der Waals surface area contributed by atoms with Gasteiger partial charge in [-0.1, -0.05) is 196 Å². The maximum Gasteiger partial charge on any atom is 0.143 e. The van der Waals surface area contributed by atoms with Gasteiger partial charge < -0.3 is 9.32 Å². The van der Waals surface area contributed by atoms with Gasteiger partial charge in [0.25, 0.3) is 0 Å². The molecule has 0 saturated carbocycles. The molecule has 11 aromatic carbocycles. The van der Waals surface area contributed by atoms with E-state index in [0.717, 1.165) is 55.5 Å². The van der Waals surface area contributed by atoms with Crippen LogP contribution in [0.4, 0.5) is 17.1 Å². The molecule has 1 aliphatic carbocycles. The third kappa shape index (κ3) is 5.82. The van der Waals surface area contributed by atoms with Crippen molar-refractivity contribution >= 4 is 92.1 Å². The van der Waals surface area contributed by atoms with Crippen LogP contribution in [-0.2, 0) is 5.41 Å². The van der Waals surface area contributed by atoms with E-state index in [0.29, 0.717) is 0 Å². The fourth-order valence-corrected chi connectivity index (χ4v) is 12.7. The predicted molar refractivity (Wildman–Crippen MR) is 290 cm³/mol. The largest absolute Gasteiger partial charge is 0.455 e. The van der Waals surface area contributed by atoms with E-state index < -0.39 is 0 Å². The Bertz CT molecular complexity index is 3960. The summed E-state index contributed by atoms with van der Waals surface area (Å²) in [5.41, 5.74) is 17.6. The second-order valence-electron chi connectivity index (χ2n) is 18.8. The number of rotatable bonds is 6. The summed E-state index contributed by atoms with van der Waals surface area (Å²) >= 11 is 1.90. The summed E-state index contributed by atoms with van der Waals surface area (Å²) < 4.78 is 9.44. The highest BCUT2D eigenvalue weighted by atomic mass is 32.1. The molecule has 0 N–H and O–H groups in total. The van der Waals surface area contributed by atoms with E-state index in [9.17, 15) is 0 Å². The molecule has 0 radical (unpaired) electrons. The highest BCUT2D eigenvalue weighted by Gasteiger charge is 2.36. The zero-order valence-electron chi connectivity index (χ0n) is 37.6. The summed E-state index contributed by atoms with van der Waals surface area (Å²) in [5.74, 6) is 0. The van der Waals surface area contributed by atoms with Gasteiger partial charge in [0.1, 0.15) is 11.2 Å². The first kappa shape index (κ1) is 39.0. The zero-order valence-corrected chi connectivity index (χ0v) is 38.4. The molecule has 0 spiro atoms. The van der Waals surface area contributed by atoms with Crippen LogP contribution in [0.15, 0.2) is 229 Å². The maximum absolute atomic E-state index is 6.77. The number of fused-ring (bicyclic) bond motifs is 13. The standard InChI is InChI=1S/C65H43NOS/c1-65(2)58-22-8-7-16-57(58)60-48(17-11-23-59(60)65)42-24-32-45(33-25-42)66(46-34-26-43(27-35-46)50-18-9-20-53-54-38-30-40-12-3-5-14-49(40)62(54)67-61(50)53)47-36-28-44(29-37-47)52-19-10-21-55-56-39-31-41-13-4-6-15-51(41)64(56)68-63(52)55/h3-39H,1-2H3. The van der Waals surface area contributed by atoms with E-state index in [2.05, 4.69) is 243 Å². The number of nitrogens with zero attached hydrogens (tertiary/aromatic N) is 1. The fraction of sp³-hybridized carbons (Fsp3) is 0.0462. The van der Waals surface area contributed by atoms with Crippen molar-refractivity contribution in [1.29, 1.82) is 0 Å². The second kappa shape index (κ2) is 14.9. The molecule has 0 atom stereocenters. The van der Waals surface area contributed by atoms with E-state index in [1.54, 1.807) is 0 Å². The lowest BCUT2D eigenvalue weighted by Crippen LogP contribution is -2.14. The van der Waals surface area contributed by atoms with Gasteiger partial charge in [-0.25, -0.2) is 0 Å². The molecule has 68 heavy (non-hydrogen) atoms. The van der Waals surface area contributed by atoms with Gasteiger partial charge in [-0.2, -0.15) is 0 Å². The molecule has 2 nitrogen and oxygen atoms in total. The number of hydrogen-bond acceptors (Lipinski definition) is 3. The van der Waals surface area contributed by atoms with Crippen LogP contribution in [0.5, 0.6) is 0 Å². The van der Waals surface area contributed by atoms with Gasteiger partial charge in [-0.15, -0.1) is 11.3 Å². The molecule has 320 valence electrons. The summed E-state index contributed by atoms with van der Waals surface area (Å²) in [6.45, 7) is 4.70. The molecule has 13 aromatic rings.